The van der Waals surface area contributed by atoms with Crippen molar-refractivity contribution in [3.05, 3.63) is 35.5 Å². The van der Waals surface area contributed by atoms with Gasteiger partial charge in [-0.1, -0.05) is 6.07 Å². The number of hydrogen-bond acceptors (Lipinski definition) is 4. The minimum atomic E-state index is -0.0107. The highest BCUT2D eigenvalue weighted by Crippen LogP contribution is 2.20. The third-order valence-electron chi connectivity index (χ3n) is 1.66. The maximum atomic E-state index is 7.21. The van der Waals surface area contributed by atoms with Gasteiger partial charge in [0, 0.05) is 11.6 Å². The molecule has 4 nitrogen and oxygen atoms in total. The van der Waals surface area contributed by atoms with Crippen LogP contribution in [0.15, 0.2) is 29.8 Å². The first-order valence-corrected chi connectivity index (χ1v) is 4.86. The summed E-state index contributed by atoms with van der Waals surface area (Å²) in [6, 6.07) is 5.63. The Kier molecular flexibility index (Phi) is 2.24. The van der Waals surface area contributed by atoms with Crippen LogP contribution >= 0.6 is 11.3 Å². The zero-order chi connectivity index (χ0) is 9.97. The normalized spacial score (nSPS) is 10.0. The highest BCUT2D eigenvalue weighted by atomic mass is 32.1. The Morgan fingerprint density at radius 3 is 2.86 bits per heavy atom. The van der Waals surface area contributed by atoms with E-state index < -0.39 is 0 Å². The van der Waals surface area contributed by atoms with Crippen molar-refractivity contribution >= 4 is 17.2 Å². The molecule has 5 heteroatoms. The number of pyridine rings is 1. The number of hydrogen-bond donors (Lipinski definition) is 2. The van der Waals surface area contributed by atoms with E-state index in [1.807, 2.05) is 18.2 Å². The lowest BCUT2D eigenvalue weighted by molar-refractivity contribution is 1.27. The summed E-state index contributed by atoms with van der Waals surface area (Å²) in [6.07, 6.45) is 1.71. The highest BCUT2D eigenvalue weighted by molar-refractivity contribution is 7.13. The van der Waals surface area contributed by atoms with Gasteiger partial charge in [-0.25, -0.2) is 4.98 Å². The largest absolute Gasteiger partial charge is 0.382 e. The van der Waals surface area contributed by atoms with E-state index in [4.69, 9.17) is 11.1 Å². The van der Waals surface area contributed by atoms with Crippen LogP contribution in [0.2, 0.25) is 0 Å². The molecule has 0 saturated heterocycles. The molecule has 0 aromatic carbocycles. The lowest BCUT2D eigenvalue weighted by Crippen LogP contribution is -2.11. The molecule has 3 N–H and O–H groups in total. The Bertz CT molecular complexity index is 449. The van der Waals surface area contributed by atoms with Crippen LogP contribution in [-0.2, 0) is 0 Å². The van der Waals surface area contributed by atoms with E-state index in [1.54, 1.807) is 11.6 Å². The van der Waals surface area contributed by atoms with Crippen LogP contribution < -0.4 is 5.73 Å². The van der Waals surface area contributed by atoms with Gasteiger partial charge in [0.1, 0.15) is 16.5 Å². The average molecular weight is 204 g/mol. The summed E-state index contributed by atoms with van der Waals surface area (Å²) in [5.41, 5.74) is 6.63. The second kappa shape index (κ2) is 3.55. The summed E-state index contributed by atoms with van der Waals surface area (Å²) in [7, 11) is 0. The molecule has 0 amide bonds. The van der Waals surface area contributed by atoms with E-state index in [2.05, 4.69) is 9.97 Å². The molecule has 0 spiro atoms. The van der Waals surface area contributed by atoms with Gasteiger partial charge in [0.15, 0.2) is 0 Å². The third-order valence-corrected chi connectivity index (χ3v) is 2.53. The number of nitrogen functional groups attached to an aromatic ring is 1. The molecular formula is C9H8N4S. The molecule has 0 atom stereocenters. The average Bonchev–Trinajstić information content (AvgIpc) is 2.68. The van der Waals surface area contributed by atoms with Gasteiger partial charge < -0.3 is 5.73 Å². The highest BCUT2D eigenvalue weighted by Gasteiger charge is 2.06. The number of amidine groups is 1. The molecule has 2 aromatic heterocycles. The van der Waals surface area contributed by atoms with Crippen LogP contribution in [0.3, 0.4) is 0 Å². The number of thiazole rings is 1. The molecule has 0 fully saturated rings. The Hall–Kier alpha value is -1.75. The molecular weight excluding hydrogens is 196 g/mol. The minimum absolute atomic E-state index is 0.0107. The number of nitrogens with one attached hydrogen (secondary N) is 1. The summed E-state index contributed by atoms with van der Waals surface area (Å²) in [5, 5.41) is 9.76. The predicted molar refractivity (Wildman–Crippen MR) is 56.4 cm³/mol. The second-order valence-electron chi connectivity index (χ2n) is 2.67. The molecule has 0 unspecified atom stereocenters. The fourth-order valence-corrected chi connectivity index (χ4v) is 1.80. The van der Waals surface area contributed by atoms with E-state index in [0.29, 0.717) is 5.69 Å². The molecule has 2 heterocycles. The Balaban J connectivity index is 2.39. The second-order valence-corrected chi connectivity index (χ2v) is 3.52. The zero-order valence-electron chi connectivity index (χ0n) is 7.27. The molecule has 0 bridgehead atoms. The monoisotopic (exact) mass is 204 g/mol. The first-order chi connectivity index (χ1) is 6.77. The number of aromatic nitrogens is 2. The summed E-state index contributed by atoms with van der Waals surface area (Å²) >= 11 is 1.44. The lowest BCUT2D eigenvalue weighted by Gasteiger charge is -1.92. The maximum Gasteiger partial charge on any atom is 0.142 e. The van der Waals surface area contributed by atoms with Crippen LogP contribution in [-0.4, -0.2) is 15.8 Å². The van der Waals surface area contributed by atoms with E-state index in [-0.39, 0.29) is 5.84 Å². The van der Waals surface area contributed by atoms with E-state index >= 15 is 0 Å². The van der Waals surface area contributed by atoms with Gasteiger partial charge in [-0.3, -0.25) is 10.4 Å². The van der Waals surface area contributed by atoms with Crippen LogP contribution in [0.4, 0.5) is 0 Å². The van der Waals surface area contributed by atoms with Gasteiger partial charge in [-0.15, -0.1) is 11.3 Å². The number of nitrogens with zero attached hydrogens (tertiary/aromatic N) is 2. The molecule has 0 aliphatic heterocycles. The fraction of sp³-hybridized carbons (Fsp3) is 0. The molecule has 2 aromatic rings. The Morgan fingerprint density at radius 2 is 2.29 bits per heavy atom. The van der Waals surface area contributed by atoms with Gasteiger partial charge in [0.05, 0.1) is 5.69 Å². The van der Waals surface area contributed by atoms with Crippen molar-refractivity contribution in [2.75, 3.05) is 0 Å². The van der Waals surface area contributed by atoms with Gasteiger partial charge >= 0.3 is 0 Å². The summed E-state index contributed by atoms with van der Waals surface area (Å²) < 4.78 is 0. The van der Waals surface area contributed by atoms with E-state index in [9.17, 15) is 0 Å². The van der Waals surface area contributed by atoms with Crippen LogP contribution in [0, 0.1) is 5.41 Å². The summed E-state index contributed by atoms with van der Waals surface area (Å²) in [6.45, 7) is 0. The van der Waals surface area contributed by atoms with Crippen molar-refractivity contribution in [1.29, 1.82) is 5.41 Å². The number of rotatable bonds is 2. The van der Waals surface area contributed by atoms with Gasteiger partial charge in [0.25, 0.3) is 0 Å². The number of nitrogens with two attached hydrogens (primary N) is 1. The molecule has 70 valence electrons. The van der Waals surface area contributed by atoms with Gasteiger partial charge in [-0.05, 0) is 12.1 Å². The Labute approximate surface area is 85.0 Å². The summed E-state index contributed by atoms with van der Waals surface area (Å²) in [5.74, 6) is -0.0107. The molecule has 0 aliphatic rings. The summed E-state index contributed by atoms with van der Waals surface area (Å²) in [4.78, 5) is 8.34. The van der Waals surface area contributed by atoms with Crippen molar-refractivity contribution < 1.29 is 0 Å². The van der Waals surface area contributed by atoms with Crippen molar-refractivity contribution in [1.82, 2.24) is 9.97 Å². The standard InChI is InChI=1S/C9H8N4S/c10-8(11)7-5-14-9(13-7)6-3-1-2-4-12-6/h1-5H,(H3,10,11). The molecule has 2 rings (SSSR count). The predicted octanol–water partition coefficient (Wildman–Crippen LogP) is 1.49. The van der Waals surface area contributed by atoms with Gasteiger partial charge in [0.2, 0.25) is 0 Å². The van der Waals surface area contributed by atoms with Crippen molar-refractivity contribution in [3.8, 4) is 10.7 Å². The van der Waals surface area contributed by atoms with Crippen LogP contribution in [0.1, 0.15) is 5.69 Å². The molecule has 0 saturated carbocycles. The minimum Gasteiger partial charge on any atom is -0.382 e. The third kappa shape index (κ3) is 1.62. The first kappa shape index (κ1) is 8.83. The van der Waals surface area contributed by atoms with Crippen LogP contribution in [0.25, 0.3) is 10.7 Å². The SMILES string of the molecule is N=C(N)c1csc(-c2ccccn2)n1. The van der Waals surface area contributed by atoms with E-state index in [1.165, 1.54) is 11.3 Å². The van der Waals surface area contributed by atoms with Crippen molar-refractivity contribution in [2.24, 2.45) is 5.73 Å². The molecule has 14 heavy (non-hydrogen) atoms. The smallest absolute Gasteiger partial charge is 0.142 e. The molecule has 0 aliphatic carbocycles. The lowest BCUT2D eigenvalue weighted by atomic mass is 10.3. The first-order valence-electron chi connectivity index (χ1n) is 3.98. The van der Waals surface area contributed by atoms with Gasteiger partial charge in [-0.2, -0.15) is 0 Å². The Morgan fingerprint density at radius 1 is 1.43 bits per heavy atom. The quantitative estimate of drug-likeness (QED) is 0.574. The fourth-order valence-electron chi connectivity index (χ4n) is 1.00. The molecule has 0 radical (unpaired) electrons. The van der Waals surface area contributed by atoms with Crippen molar-refractivity contribution in [3.63, 3.8) is 0 Å². The topological polar surface area (TPSA) is 75.7 Å². The zero-order valence-corrected chi connectivity index (χ0v) is 8.08. The van der Waals surface area contributed by atoms with E-state index in [0.717, 1.165) is 10.7 Å². The van der Waals surface area contributed by atoms with Crippen molar-refractivity contribution in [2.45, 2.75) is 0 Å². The maximum absolute atomic E-state index is 7.21. The van der Waals surface area contributed by atoms with Crippen LogP contribution in [0.5, 0.6) is 0 Å².